The average Bonchev–Trinajstić information content (AvgIpc) is 2.96. The quantitative estimate of drug-likeness (QED) is 0.807. The van der Waals surface area contributed by atoms with E-state index >= 15 is 0 Å². The number of ether oxygens (including phenoxy) is 1. The van der Waals surface area contributed by atoms with Crippen LogP contribution in [0.25, 0.3) is 0 Å². The molecule has 0 aliphatic carbocycles. The van der Waals surface area contributed by atoms with Crippen LogP contribution in [0.15, 0.2) is 12.4 Å². The normalized spacial score (nSPS) is 18.3. The molecule has 1 unspecified atom stereocenters. The molecule has 2 rings (SSSR count). The minimum absolute atomic E-state index is 0.137. The van der Waals surface area contributed by atoms with Crippen LogP contribution < -0.4 is 10.6 Å². The first-order valence-corrected chi connectivity index (χ1v) is 6.75. The highest BCUT2D eigenvalue weighted by Crippen LogP contribution is 2.10. The number of aromatic nitrogens is 2. The van der Waals surface area contributed by atoms with E-state index in [1.165, 1.54) is 6.20 Å². The predicted octanol–water partition coefficient (Wildman–Crippen LogP) is 1.21. The molecule has 1 aromatic heterocycles. The molecule has 0 aromatic carbocycles. The van der Waals surface area contributed by atoms with Gasteiger partial charge in [0.15, 0.2) is 0 Å². The first-order chi connectivity index (χ1) is 9.29. The van der Waals surface area contributed by atoms with Gasteiger partial charge in [-0.15, -0.1) is 0 Å². The van der Waals surface area contributed by atoms with Gasteiger partial charge in [-0.25, -0.2) is 4.98 Å². The summed E-state index contributed by atoms with van der Waals surface area (Å²) in [6.45, 7) is 4.21. The Kier molecular flexibility index (Phi) is 5.09. The van der Waals surface area contributed by atoms with E-state index in [9.17, 15) is 4.79 Å². The van der Waals surface area contributed by atoms with E-state index in [0.29, 0.717) is 18.1 Å². The molecule has 0 saturated carbocycles. The van der Waals surface area contributed by atoms with Crippen LogP contribution in [-0.2, 0) is 4.74 Å². The number of nitrogens with zero attached hydrogens (tertiary/aromatic N) is 2. The summed E-state index contributed by atoms with van der Waals surface area (Å²) in [5, 5.41) is 5.94. The molecule has 104 valence electrons. The summed E-state index contributed by atoms with van der Waals surface area (Å²) < 4.78 is 5.45. The van der Waals surface area contributed by atoms with Crippen molar-refractivity contribution in [2.75, 3.05) is 25.0 Å². The minimum atomic E-state index is -0.205. The van der Waals surface area contributed by atoms with Crippen molar-refractivity contribution >= 4 is 11.7 Å². The Labute approximate surface area is 113 Å². The summed E-state index contributed by atoms with van der Waals surface area (Å²) in [6.07, 6.45) is 6.30. The molecule has 2 heterocycles. The third-order valence-corrected chi connectivity index (χ3v) is 2.94. The fraction of sp³-hybridized carbons (Fsp3) is 0.615. The van der Waals surface area contributed by atoms with Gasteiger partial charge in [0, 0.05) is 19.7 Å². The highest BCUT2D eigenvalue weighted by atomic mass is 16.5. The van der Waals surface area contributed by atoms with Crippen LogP contribution in [0.2, 0.25) is 0 Å². The molecule has 1 aliphatic rings. The van der Waals surface area contributed by atoms with E-state index < -0.39 is 0 Å². The van der Waals surface area contributed by atoms with Gasteiger partial charge in [0.25, 0.3) is 5.91 Å². The van der Waals surface area contributed by atoms with Gasteiger partial charge in [-0.3, -0.25) is 9.78 Å². The second kappa shape index (κ2) is 7.04. The molecule has 0 radical (unpaired) electrons. The first-order valence-electron chi connectivity index (χ1n) is 6.75. The van der Waals surface area contributed by atoms with Crippen molar-refractivity contribution < 1.29 is 9.53 Å². The van der Waals surface area contributed by atoms with Gasteiger partial charge in [-0.05, 0) is 19.3 Å². The number of hydrogen-bond acceptors (Lipinski definition) is 5. The number of rotatable bonds is 6. The Morgan fingerprint density at radius 1 is 1.53 bits per heavy atom. The van der Waals surface area contributed by atoms with Crippen LogP contribution >= 0.6 is 0 Å². The third kappa shape index (κ3) is 4.17. The Bertz CT molecular complexity index is 419. The molecule has 1 atom stereocenters. The summed E-state index contributed by atoms with van der Waals surface area (Å²) in [4.78, 5) is 20.2. The molecule has 1 fully saturated rings. The largest absolute Gasteiger partial charge is 0.376 e. The van der Waals surface area contributed by atoms with E-state index in [0.717, 1.165) is 32.4 Å². The fourth-order valence-corrected chi connectivity index (χ4v) is 1.92. The zero-order valence-corrected chi connectivity index (χ0v) is 11.2. The van der Waals surface area contributed by atoms with Crippen LogP contribution in [0.5, 0.6) is 0 Å². The second-order valence-corrected chi connectivity index (χ2v) is 4.56. The summed E-state index contributed by atoms with van der Waals surface area (Å²) in [5.74, 6) is 0.426. The van der Waals surface area contributed by atoms with E-state index in [1.54, 1.807) is 6.20 Å². The molecule has 1 aliphatic heterocycles. The van der Waals surface area contributed by atoms with Crippen LogP contribution in [-0.4, -0.2) is 41.7 Å². The van der Waals surface area contributed by atoms with Crippen molar-refractivity contribution in [2.24, 2.45) is 0 Å². The molecule has 1 amide bonds. The van der Waals surface area contributed by atoms with Crippen LogP contribution in [0.3, 0.4) is 0 Å². The fourth-order valence-electron chi connectivity index (χ4n) is 1.92. The van der Waals surface area contributed by atoms with E-state index in [1.807, 2.05) is 0 Å². The number of hydrogen-bond donors (Lipinski definition) is 2. The minimum Gasteiger partial charge on any atom is -0.376 e. The van der Waals surface area contributed by atoms with Gasteiger partial charge in [-0.1, -0.05) is 6.92 Å². The molecule has 1 saturated heterocycles. The molecule has 0 bridgehead atoms. The Balaban J connectivity index is 1.86. The van der Waals surface area contributed by atoms with E-state index in [-0.39, 0.29) is 12.0 Å². The standard InChI is InChI=1S/C13H20N4O2/c1-2-5-15-12-9-14-8-11(17-12)13(18)16-7-10-4-3-6-19-10/h8-10H,2-7H2,1H3,(H,15,17)(H,16,18). The molecule has 0 spiro atoms. The maximum Gasteiger partial charge on any atom is 0.271 e. The van der Waals surface area contributed by atoms with Crippen molar-refractivity contribution in [1.29, 1.82) is 0 Å². The maximum atomic E-state index is 11.9. The van der Waals surface area contributed by atoms with E-state index in [4.69, 9.17) is 4.74 Å². The lowest BCUT2D eigenvalue weighted by atomic mass is 10.2. The zero-order valence-electron chi connectivity index (χ0n) is 11.2. The molecular formula is C13H20N4O2. The lowest BCUT2D eigenvalue weighted by molar-refractivity contribution is 0.0853. The molecule has 1 aromatic rings. The smallest absolute Gasteiger partial charge is 0.271 e. The zero-order chi connectivity index (χ0) is 13.5. The summed E-state index contributed by atoms with van der Waals surface area (Å²) in [6, 6.07) is 0. The van der Waals surface area contributed by atoms with E-state index in [2.05, 4.69) is 27.5 Å². The predicted molar refractivity (Wildman–Crippen MR) is 72.1 cm³/mol. The third-order valence-electron chi connectivity index (χ3n) is 2.94. The van der Waals surface area contributed by atoms with Gasteiger partial charge in [0.1, 0.15) is 11.5 Å². The van der Waals surface area contributed by atoms with Crippen molar-refractivity contribution in [2.45, 2.75) is 32.3 Å². The van der Waals surface area contributed by atoms with Gasteiger partial charge < -0.3 is 15.4 Å². The summed E-state index contributed by atoms with van der Waals surface area (Å²) in [5.41, 5.74) is 0.333. The van der Waals surface area contributed by atoms with Crippen LogP contribution in [0.1, 0.15) is 36.7 Å². The molecule has 6 nitrogen and oxygen atoms in total. The monoisotopic (exact) mass is 264 g/mol. The molecule has 6 heteroatoms. The molecule has 19 heavy (non-hydrogen) atoms. The Hall–Kier alpha value is -1.69. The second-order valence-electron chi connectivity index (χ2n) is 4.56. The van der Waals surface area contributed by atoms with Crippen molar-refractivity contribution in [1.82, 2.24) is 15.3 Å². The first kappa shape index (κ1) is 13.7. The number of anilines is 1. The average molecular weight is 264 g/mol. The lowest BCUT2D eigenvalue weighted by Crippen LogP contribution is -2.32. The van der Waals surface area contributed by atoms with Crippen LogP contribution in [0, 0.1) is 0 Å². The van der Waals surface area contributed by atoms with Gasteiger partial charge in [0.05, 0.1) is 18.5 Å². The summed E-state index contributed by atoms with van der Waals surface area (Å²) in [7, 11) is 0. The number of nitrogens with one attached hydrogen (secondary N) is 2. The number of amides is 1. The van der Waals surface area contributed by atoms with Crippen molar-refractivity contribution in [3.63, 3.8) is 0 Å². The van der Waals surface area contributed by atoms with Crippen molar-refractivity contribution in [3.8, 4) is 0 Å². The highest BCUT2D eigenvalue weighted by molar-refractivity contribution is 5.92. The lowest BCUT2D eigenvalue weighted by Gasteiger charge is -2.10. The Morgan fingerprint density at radius 3 is 3.16 bits per heavy atom. The summed E-state index contributed by atoms with van der Waals surface area (Å²) >= 11 is 0. The number of carbonyl (C=O) groups is 1. The van der Waals surface area contributed by atoms with Gasteiger partial charge in [0.2, 0.25) is 0 Å². The SMILES string of the molecule is CCCNc1cncc(C(=O)NCC2CCCO2)n1. The van der Waals surface area contributed by atoms with Gasteiger partial charge >= 0.3 is 0 Å². The number of carbonyl (C=O) groups excluding carboxylic acids is 1. The highest BCUT2D eigenvalue weighted by Gasteiger charge is 2.17. The van der Waals surface area contributed by atoms with Gasteiger partial charge in [-0.2, -0.15) is 0 Å². The van der Waals surface area contributed by atoms with Crippen LogP contribution in [0.4, 0.5) is 5.82 Å². The van der Waals surface area contributed by atoms with Crippen molar-refractivity contribution in [3.05, 3.63) is 18.1 Å². The Morgan fingerprint density at radius 2 is 2.42 bits per heavy atom. The maximum absolute atomic E-state index is 11.9. The molecular weight excluding hydrogens is 244 g/mol. The topological polar surface area (TPSA) is 76.1 Å². The molecule has 2 N–H and O–H groups in total.